The number of nitrogens with two attached hydrogens (primary N) is 3. The molecule has 0 spiro atoms. The van der Waals surface area contributed by atoms with Gasteiger partial charge in [-0.15, -0.1) is 0 Å². The summed E-state index contributed by atoms with van der Waals surface area (Å²) in [6, 6.07) is 4.37. The van der Waals surface area contributed by atoms with Crippen LogP contribution in [0.15, 0.2) is 17.1 Å². The number of nitrogen functional groups attached to an aromatic ring is 1. The number of esters is 1. The number of ether oxygens (including phenoxy) is 1. The monoisotopic (exact) mass is 445 g/mol. The van der Waals surface area contributed by atoms with Crippen LogP contribution in [0.4, 0.5) is 11.5 Å². The lowest BCUT2D eigenvalue weighted by Gasteiger charge is -2.14. The number of aromatic carboxylic acids is 1. The van der Waals surface area contributed by atoms with Crippen molar-refractivity contribution in [1.29, 1.82) is 0 Å². The molecule has 11 nitrogen and oxygen atoms in total. The zero-order valence-electron chi connectivity index (χ0n) is 18.8. The van der Waals surface area contributed by atoms with E-state index in [2.05, 4.69) is 20.1 Å². The fourth-order valence-electron chi connectivity index (χ4n) is 3.06. The number of nitrogens with one attached hydrogen (secondary N) is 1. The molecule has 174 valence electrons. The SMILES string of the molecule is CCOC(C)=O.Cc1nn(-c2cc(CNC3CC3)cc(N=C(N)N)c2C)c(N)c1C(=O)O. The van der Waals surface area contributed by atoms with Gasteiger partial charge in [-0.3, -0.25) is 4.79 Å². The van der Waals surface area contributed by atoms with E-state index in [0.29, 0.717) is 36.3 Å². The van der Waals surface area contributed by atoms with Crippen molar-refractivity contribution in [1.82, 2.24) is 15.1 Å². The average molecular weight is 446 g/mol. The standard InChI is InChI=1S/C17H23N7O2.C4H8O2/c1-8-12(22-17(19)20)5-10(7-21-11-3-4-11)6-13(8)24-15(18)14(16(25)26)9(2)23-24;1-3-6-4(2)5/h5-6,11,21H,3-4,7,18H2,1-2H3,(H,25,26)(H4,19,20,22);3H2,1-2H3. The molecule has 32 heavy (non-hydrogen) atoms. The number of hydrogen-bond donors (Lipinski definition) is 5. The zero-order valence-corrected chi connectivity index (χ0v) is 18.8. The van der Waals surface area contributed by atoms with Gasteiger partial charge in [0.1, 0.15) is 11.4 Å². The molecule has 0 unspecified atom stereocenters. The summed E-state index contributed by atoms with van der Waals surface area (Å²) < 4.78 is 5.83. The predicted octanol–water partition coefficient (Wildman–Crippen LogP) is 1.50. The second kappa shape index (κ2) is 10.6. The van der Waals surface area contributed by atoms with E-state index in [1.54, 1.807) is 13.8 Å². The summed E-state index contributed by atoms with van der Waals surface area (Å²) in [5, 5.41) is 17.1. The van der Waals surface area contributed by atoms with E-state index in [1.807, 2.05) is 19.1 Å². The molecular weight excluding hydrogens is 414 g/mol. The van der Waals surface area contributed by atoms with Gasteiger partial charge in [-0.25, -0.2) is 14.5 Å². The van der Waals surface area contributed by atoms with Crippen LogP contribution in [0.2, 0.25) is 0 Å². The number of benzene rings is 1. The number of nitrogens with zero attached hydrogens (tertiary/aromatic N) is 3. The summed E-state index contributed by atoms with van der Waals surface area (Å²) in [7, 11) is 0. The lowest BCUT2D eigenvalue weighted by Crippen LogP contribution is -2.22. The number of carbonyl (C=O) groups excluding carboxylic acids is 1. The molecule has 0 atom stereocenters. The first kappa shape index (κ1) is 24.7. The molecule has 1 aliphatic rings. The Morgan fingerprint density at radius 3 is 2.41 bits per heavy atom. The molecular formula is C21H31N7O4. The van der Waals surface area contributed by atoms with Gasteiger partial charge in [0.25, 0.3) is 0 Å². The van der Waals surface area contributed by atoms with Crippen molar-refractivity contribution in [2.75, 3.05) is 12.3 Å². The molecule has 0 bridgehead atoms. The lowest BCUT2D eigenvalue weighted by atomic mass is 10.1. The van der Waals surface area contributed by atoms with Crippen LogP contribution in [-0.4, -0.2) is 45.4 Å². The number of aryl methyl sites for hydroxylation is 1. The molecule has 1 aromatic carbocycles. The maximum atomic E-state index is 11.4. The molecule has 0 saturated heterocycles. The van der Waals surface area contributed by atoms with Crippen LogP contribution in [-0.2, 0) is 16.1 Å². The van der Waals surface area contributed by atoms with Gasteiger partial charge in [0, 0.05) is 25.1 Å². The summed E-state index contributed by atoms with van der Waals surface area (Å²) in [6.45, 7) is 7.75. The Balaban J connectivity index is 0.000000534. The highest BCUT2D eigenvalue weighted by Gasteiger charge is 2.23. The van der Waals surface area contributed by atoms with Crippen molar-refractivity contribution < 1.29 is 19.4 Å². The first-order chi connectivity index (χ1) is 15.0. The number of rotatable bonds is 7. The van der Waals surface area contributed by atoms with Gasteiger partial charge in [-0.05, 0) is 51.3 Å². The Labute approximate surface area is 186 Å². The highest BCUT2D eigenvalue weighted by Crippen LogP contribution is 2.31. The van der Waals surface area contributed by atoms with Crippen LogP contribution in [0.1, 0.15) is 53.9 Å². The number of aromatic nitrogens is 2. The lowest BCUT2D eigenvalue weighted by molar-refractivity contribution is -0.140. The molecule has 1 saturated carbocycles. The van der Waals surface area contributed by atoms with Crippen LogP contribution in [0.5, 0.6) is 0 Å². The second-order valence-corrected chi connectivity index (χ2v) is 7.44. The Morgan fingerprint density at radius 1 is 1.31 bits per heavy atom. The Bertz CT molecular complexity index is 1020. The molecule has 1 aliphatic carbocycles. The third-order valence-electron chi connectivity index (χ3n) is 4.72. The summed E-state index contributed by atoms with van der Waals surface area (Å²) in [6.07, 6.45) is 2.35. The van der Waals surface area contributed by atoms with Crippen molar-refractivity contribution in [3.8, 4) is 5.69 Å². The van der Waals surface area contributed by atoms with E-state index in [4.69, 9.17) is 17.2 Å². The minimum Gasteiger partial charge on any atom is -0.477 e. The summed E-state index contributed by atoms with van der Waals surface area (Å²) in [5.41, 5.74) is 20.5. The number of anilines is 1. The first-order valence-electron chi connectivity index (χ1n) is 10.2. The van der Waals surface area contributed by atoms with Crippen LogP contribution in [0, 0.1) is 13.8 Å². The molecule has 8 N–H and O–H groups in total. The first-order valence-corrected chi connectivity index (χ1v) is 10.2. The van der Waals surface area contributed by atoms with E-state index < -0.39 is 5.97 Å². The quantitative estimate of drug-likeness (QED) is 0.239. The minimum atomic E-state index is -1.11. The number of carboxylic acids is 1. The van der Waals surface area contributed by atoms with Gasteiger partial charge in [0.2, 0.25) is 0 Å². The number of carboxylic acid groups (broad SMARTS) is 1. The van der Waals surface area contributed by atoms with Crippen LogP contribution in [0.25, 0.3) is 5.69 Å². The Hall–Kier alpha value is -3.60. The second-order valence-electron chi connectivity index (χ2n) is 7.44. The Morgan fingerprint density at radius 2 is 1.97 bits per heavy atom. The van der Waals surface area contributed by atoms with E-state index in [9.17, 15) is 14.7 Å². The molecule has 1 aromatic heterocycles. The molecule has 0 aliphatic heterocycles. The normalized spacial score (nSPS) is 12.5. The number of carbonyl (C=O) groups is 2. The highest BCUT2D eigenvalue weighted by atomic mass is 16.5. The van der Waals surface area contributed by atoms with Gasteiger partial charge in [-0.2, -0.15) is 5.10 Å². The fourth-order valence-corrected chi connectivity index (χ4v) is 3.06. The average Bonchev–Trinajstić information content (AvgIpc) is 3.46. The van der Waals surface area contributed by atoms with Crippen molar-refractivity contribution in [3.63, 3.8) is 0 Å². The van der Waals surface area contributed by atoms with Gasteiger partial charge in [0.05, 0.1) is 23.7 Å². The maximum absolute atomic E-state index is 11.4. The van der Waals surface area contributed by atoms with Crippen molar-refractivity contribution in [2.45, 2.75) is 53.1 Å². The molecule has 0 amide bonds. The van der Waals surface area contributed by atoms with Gasteiger partial charge < -0.3 is 32.4 Å². The van der Waals surface area contributed by atoms with Gasteiger partial charge >= 0.3 is 11.9 Å². The van der Waals surface area contributed by atoms with E-state index in [-0.39, 0.29) is 23.3 Å². The molecule has 3 rings (SSSR count). The van der Waals surface area contributed by atoms with E-state index in [0.717, 1.165) is 11.1 Å². The Kier molecular flexibility index (Phi) is 8.19. The fraction of sp³-hybridized carbons (Fsp3) is 0.429. The number of aliphatic imine (C=N–C) groups is 1. The number of hydrogen-bond acceptors (Lipinski definition) is 7. The smallest absolute Gasteiger partial charge is 0.341 e. The van der Waals surface area contributed by atoms with Crippen molar-refractivity contribution >= 4 is 29.4 Å². The van der Waals surface area contributed by atoms with Crippen LogP contribution < -0.4 is 22.5 Å². The summed E-state index contributed by atoms with van der Waals surface area (Å²) in [4.78, 5) is 25.4. The van der Waals surface area contributed by atoms with Crippen molar-refractivity contribution in [2.24, 2.45) is 16.5 Å². The molecule has 1 heterocycles. The summed E-state index contributed by atoms with van der Waals surface area (Å²) >= 11 is 0. The summed E-state index contributed by atoms with van der Waals surface area (Å²) in [5.74, 6) is -1.30. The largest absolute Gasteiger partial charge is 0.477 e. The predicted molar refractivity (Wildman–Crippen MR) is 122 cm³/mol. The zero-order chi connectivity index (χ0) is 24.0. The molecule has 11 heteroatoms. The van der Waals surface area contributed by atoms with E-state index >= 15 is 0 Å². The van der Waals surface area contributed by atoms with Crippen LogP contribution >= 0.6 is 0 Å². The van der Waals surface area contributed by atoms with E-state index in [1.165, 1.54) is 24.4 Å². The topological polar surface area (TPSA) is 184 Å². The van der Waals surface area contributed by atoms with Gasteiger partial charge in [0.15, 0.2) is 5.96 Å². The minimum absolute atomic E-state index is 0.00528. The molecule has 1 fully saturated rings. The van der Waals surface area contributed by atoms with Crippen LogP contribution in [0.3, 0.4) is 0 Å². The number of guanidine groups is 1. The van der Waals surface area contributed by atoms with Crippen molar-refractivity contribution in [3.05, 3.63) is 34.5 Å². The third-order valence-corrected chi connectivity index (χ3v) is 4.72. The third kappa shape index (κ3) is 6.45. The maximum Gasteiger partial charge on any atom is 0.341 e. The van der Waals surface area contributed by atoms with Gasteiger partial charge in [-0.1, -0.05) is 0 Å². The molecule has 2 aromatic rings. The molecule has 0 radical (unpaired) electrons. The highest BCUT2D eigenvalue weighted by molar-refractivity contribution is 5.94.